The average molecular weight is 357 g/mol. The molecule has 0 radical (unpaired) electrons. The molecule has 1 saturated carbocycles. The van der Waals surface area contributed by atoms with E-state index < -0.39 is 0 Å². The number of urea groups is 1. The highest BCUT2D eigenvalue weighted by molar-refractivity contribution is 7.09. The molecule has 5 nitrogen and oxygen atoms in total. The van der Waals surface area contributed by atoms with E-state index in [1.165, 1.54) is 4.88 Å². The predicted molar refractivity (Wildman–Crippen MR) is 99.6 cm³/mol. The first-order valence-corrected chi connectivity index (χ1v) is 9.30. The van der Waals surface area contributed by atoms with Gasteiger partial charge in [0.25, 0.3) is 5.91 Å². The fourth-order valence-corrected chi connectivity index (χ4v) is 3.33. The van der Waals surface area contributed by atoms with E-state index in [0.717, 1.165) is 18.4 Å². The van der Waals surface area contributed by atoms with Crippen molar-refractivity contribution in [2.45, 2.75) is 32.0 Å². The third-order valence-electron chi connectivity index (χ3n) is 4.21. The molecule has 0 spiro atoms. The summed E-state index contributed by atoms with van der Waals surface area (Å²) in [7, 11) is 3.47. The van der Waals surface area contributed by atoms with Gasteiger partial charge in [0.1, 0.15) is 0 Å². The molecule has 132 valence electrons. The van der Waals surface area contributed by atoms with Crippen molar-refractivity contribution in [3.05, 3.63) is 57.8 Å². The lowest BCUT2D eigenvalue weighted by atomic mass is 10.1. The molecule has 1 aromatic carbocycles. The van der Waals surface area contributed by atoms with Gasteiger partial charge in [-0.15, -0.1) is 11.3 Å². The monoisotopic (exact) mass is 357 g/mol. The first kappa shape index (κ1) is 17.5. The van der Waals surface area contributed by atoms with Gasteiger partial charge in [0, 0.05) is 37.1 Å². The minimum Gasteiger partial charge on any atom is -0.345 e. The standard InChI is InChI=1S/C19H23N3O2S/c1-21(2)18(23)15-7-5-14(6-8-15)12-20-19(24)22(16-9-10-16)13-17-4-3-11-25-17/h3-8,11,16H,9-10,12-13H2,1-2H3,(H,20,24). The Kier molecular flexibility index (Phi) is 5.38. The van der Waals surface area contributed by atoms with E-state index in [1.807, 2.05) is 28.5 Å². The van der Waals surface area contributed by atoms with Crippen LogP contribution in [0.2, 0.25) is 0 Å². The van der Waals surface area contributed by atoms with Gasteiger partial charge in [-0.3, -0.25) is 4.79 Å². The van der Waals surface area contributed by atoms with E-state index in [1.54, 1.807) is 42.5 Å². The highest BCUT2D eigenvalue weighted by atomic mass is 32.1. The summed E-state index contributed by atoms with van der Waals surface area (Å²) in [5, 5.41) is 5.04. The van der Waals surface area contributed by atoms with E-state index in [9.17, 15) is 9.59 Å². The quantitative estimate of drug-likeness (QED) is 0.862. The van der Waals surface area contributed by atoms with Gasteiger partial charge in [0.15, 0.2) is 0 Å². The Morgan fingerprint density at radius 2 is 1.88 bits per heavy atom. The van der Waals surface area contributed by atoms with Gasteiger partial charge in [0.05, 0.1) is 6.54 Å². The molecule has 25 heavy (non-hydrogen) atoms. The summed E-state index contributed by atoms with van der Waals surface area (Å²) in [6.45, 7) is 1.13. The van der Waals surface area contributed by atoms with Crippen LogP contribution in [0.5, 0.6) is 0 Å². The molecule has 1 aliphatic rings. The Morgan fingerprint density at radius 3 is 2.44 bits per heavy atom. The van der Waals surface area contributed by atoms with Gasteiger partial charge in [0.2, 0.25) is 0 Å². The third-order valence-corrected chi connectivity index (χ3v) is 5.07. The number of amides is 3. The number of rotatable bonds is 6. The molecule has 3 rings (SSSR count). The van der Waals surface area contributed by atoms with E-state index in [2.05, 4.69) is 11.4 Å². The normalized spacial score (nSPS) is 13.4. The lowest BCUT2D eigenvalue weighted by Crippen LogP contribution is -2.40. The van der Waals surface area contributed by atoms with Crippen molar-refractivity contribution in [3.63, 3.8) is 0 Å². The maximum Gasteiger partial charge on any atom is 0.318 e. The minimum atomic E-state index is -0.0238. The number of benzene rings is 1. The second-order valence-corrected chi connectivity index (χ2v) is 7.53. The van der Waals surface area contributed by atoms with Crippen LogP contribution >= 0.6 is 11.3 Å². The van der Waals surface area contributed by atoms with Crippen molar-refractivity contribution in [3.8, 4) is 0 Å². The van der Waals surface area contributed by atoms with Gasteiger partial charge in [-0.25, -0.2) is 4.79 Å². The molecule has 1 aromatic heterocycles. The molecule has 1 N–H and O–H groups in total. The molecule has 0 atom stereocenters. The van der Waals surface area contributed by atoms with Crippen LogP contribution in [0.3, 0.4) is 0 Å². The summed E-state index contributed by atoms with van der Waals surface area (Å²) in [5.41, 5.74) is 1.63. The molecular weight excluding hydrogens is 334 g/mol. The zero-order valence-electron chi connectivity index (χ0n) is 14.6. The predicted octanol–water partition coefficient (Wildman–Crippen LogP) is 3.32. The minimum absolute atomic E-state index is 0.0218. The van der Waals surface area contributed by atoms with Crippen molar-refractivity contribution in [2.24, 2.45) is 0 Å². The van der Waals surface area contributed by atoms with Gasteiger partial charge < -0.3 is 15.1 Å². The van der Waals surface area contributed by atoms with E-state index in [0.29, 0.717) is 24.7 Å². The van der Waals surface area contributed by atoms with Crippen molar-refractivity contribution in [2.75, 3.05) is 14.1 Å². The zero-order valence-corrected chi connectivity index (χ0v) is 15.4. The molecule has 3 amide bonds. The number of hydrogen-bond donors (Lipinski definition) is 1. The molecule has 0 aliphatic heterocycles. The first-order chi connectivity index (χ1) is 12.0. The Labute approximate surface area is 152 Å². The first-order valence-electron chi connectivity index (χ1n) is 8.42. The highest BCUT2D eigenvalue weighted by Crippen LogP contribution is 2.29. The summed E-state index contributed by atoms with van der Waals surface area (Å²) in [6.07, 6.45) is 2.17. The average Bonchev–Trinajstić information content (AvgIpc) is 3.33. The molecule has 0 unspecified atom stereocenters. The summed E-state index contributed by atoms with van der Waals surface area (Å²) in [6, 6.07) is 11.8. The van der Waals surface area contributed by atoms with Gasteiger partial charge in [-0.1, -0.05) is 18.2 Å². The second kappa shape index (κ2) is 7.70. The van der Waals surface area contributed by atoms with Crippen molar-refractivity contribution in [1.82, 2.24) is 15.1 Å². The Hall–Kier alpha value is -2.34. The Morgan fingerprint density at radius 1 is 1.16 bits per heavy atom. The van der Waals surface area contributed by atoms with Gasteiger partial charge in [-0.05, 0) is 42.0 Å². The Balaban J connectivity index is 1.56. The van der Waals surface area contributed by atoms with Crippen LogP contribution in [0.15, 0.2) is 41.8 Å². The number of hydrogen-bond acceptors (Lipinski definition) is 3. The van der Waals surface area contributed by atoms with Crippen LogP contribution in [-0.2, 0) is 13.1 Å². The fraction of sp³-hybridized carbons (Fsp3) is 0.368. The van der Waals surface area contributed by atoms with E-state index >= 15 is 0 Å². The van der Waals surface area contributed by atoms with Crippen LogP contribution in [0.25, 0.3) is 0 Å². The molecule has 2 aromatic rings. The molecule has 0 saturated heterocycles. The Bertz CT molecular complexity index is 722. The molecule has 1 fully saturated rings. The topological polar surface area (TPSA) is 52.7 Å². The second-order valence-electron chi connectivity index (χ2n) is 6.49. The van der Waals surface area contributed by atoms with Crippen LogP contribution in [0.1, 0.15) is 33.6 Å². The zero-order chi connectivity index (χ0) is 17.8. The van der Waals surface area contributed by atoms with Gasteiger partial charge in [-0.2, -0.15) is 0 Å². The number of nitrogens with one attached hydrogen (secondary N) is 1. The molecule has 0 bridgehead atoms. The highest BCUT2D eigenvalue weighted by Gasteiger charge is 2.32. The van der Waals surface area contributed by atoms with E-state index in [4.69, 9.17) is 0 Å². The summed E-state index contributed by atoms with van der Waals surface area (Å²) in [5.74, 6) is -0.0218. The largest absolute Gasteiger partial charge is 0.345 e. The maximum atomic E-state index is 12.5. The number of nitrogens with zero attached hydrogens (tertiary/aromatic N) is 2. The van der Waals surface area contributed by atoms with E-state index in [-0.39, 0.29) is 11.9 Å². The summed E-state index contributed by atoms with van der Waals surface area (Å²) in [4.78, 5) is 29.1. The summed E-state index contributed by atoms with van der Waals surface area (Å²) >= 11 is 1.68. The van der Waals surface area contributed by atoms with Gasteiger partial charge >= 0.3 is 6.03 Å². The van der Waals surface area contributed by atoms with Crippen LogP contribution in [-0.4, -0.2) is 41.9 Å². The fourth-order valence-electron chi connectivity index (χ4n) is 2.63. The lowest BCUT2D eigenvalue weighted by Gasteiger charge is -2.22. The summed E-state index contributed by atoms with van der Waals surface area (Å²) < 4.78 is 0. The number of carbonyl (C=O) groups is 2. The third kappa shape index (κ3) is 4.60. The SMILES string of the molecule is CN(C)C(=O)c1ccc(CNC(=O)N(Cc2cccs2)C2CC2)cc1. The maximum absolute atomic E-state index is 12.5. The van der Waals surface area contributed by atoms with Crippen molar-refractivity contribution >= 4 is 23.3 Å². The smallest absolute Gasteiger partial charge is 0.318 e. The van der Waals surface area contributed by atoms with Crippen LogP contribution in [0, 0.1) is 0 Å². The van der Waals surface area contributed by atoms with Crippen molar-refractivity contribution < 1.29 is 9.59 Å². The number of thiophene rings is 1. The van der Waals surface area contributed by atoms with Crippen LogP contribution < -0.4 is 5.32 Å². The molecular formula is C19H23N3O2S. The molecule has 1 aliphatic carbocycles. The van der Waals surface area contributed by atoms with Crippen molar-refractivity contribution in [1.29, 1.82) is 0 Å². The number of carbonyl (C=O) groups excluding carboxylic acids is 2. The lowest BCUT2D eigenvalue weighted by molar-refractivity contribution is 0.0827. The molecule has 1 heterocycles. The van der Waals surface area contributed by atoms with Crippen LogP contribution in [0.4, 0.5) is 4.79 Å². The molecule has 6 heteroatoms.